The lowest BCUT2D eigenvalue weighted by atomic mass is 10.2. The van der Waals surface area contributed by atoms with Crippen LogP contribution in [0.25, 0.3) is 0 Å². The van der Waals surface area contributed by atoms with Crippen molar-refractivity contribution in [2.45, 2.75) is 52.1 Å². The highest BCUT2D eigenvalue weighted by molar-refractivity contribution is 5.93. The minimum absolute atomic E-state index is 0.0255. The lowest BCUT2D eigenvalue weighted by Crippen LogP contribution is -2.39. The molecule has 1 saturated carbocycles. The first-order chi connectivity index (χ1) is 9.49. The summed E-state index contributed by atoms with van der Waals surface area (Å²) in [4.78, 5) is 35.5. The third kappa shape index (κ3) is 3.15. The quantitative estimate of drug-likeness (QED) is 0.846. The Hall–Kier alpha value is -1.91. The molecule has 0 spiro atoms. The number of hydrogen-bond donors (Lipinski definition) is 1. The summed E-state index contributed by atoms with van der Waals surface area (Å²) in [6.45, 7) is 3.09. The van der Waals surface area contributed by atoms with Crippen molar-refractivity contribution in [3.63, 3.8) is 0 Å². The first kappa shape index (κ1) is 14.5. The average Bonchev–Trinajstić information content (AvgIpc) is 2.86. The smallest absolute Gasteiger partial charge is 0.262 e. The maximum Gasteiger partial charge on any atom is 0.262 e. The molecule has 1 aliphatic rings. The molecular formula is C15H20N2O3. The van der Waals surface area contributed by atoms with Gasteiger partial charge in [0, 0.05) is 11.7 Å². The Kier molecular flexibility index (Phi) is 4.37. The molecule has 1 heterocycles. The molecule has 0 aliphatic heterocycles. The van der Waals surface area contributed by atoms with E-state index in [2.05, 4.69) is 5.32 Å². The zero-order chi connectivity index (χ0) is 14.7. The van der Waals surface area contributed by atoms with Crippen molar-refractivity contribution in [2.75, 3.05) is 0 Å². The third-order valence-corrected chi connectivity index (χ3v) is 3.79. The van der Waals surface area contributed by atoms with Gasteiger partial charge in [-0.3, -0.25) is 14.4 Å². The van der Waals surface area contributed by atoms with Crippen molar-refractivity contribution < 1.29 is 9.59 Å². The van der Waals surface area contributed by atoms with E-state index >= 15 is 0 Å². The van der Waals surface area contributed by atoms with E-state index in [1.165, 1.54) is 17.6 Å². The average molecular weight is 276 g/mol. The van der Waals surface area contributed by atoms with Crippen LogP contribution in [-0.4, -0.2) is 22.3 Å². The van der Waals surface area contributed by atoms with Crippen molar-refractivity contribution in [1.29, 1.82) is 0 Å². The number of nitrogens with one attached hydrogen (secondary N) is 1. The number of ketones is 1. The Morgan fingerprint density at radius 2 is 1.95 bits per heavy atom. The summed E-state index contributed by atoms with van der Waals surface area (Å²) >= 11 is 0. The second-order valence-corrected chi connectivity index (χ2v) is 5.38. The maximum atomic E-state index is 12.2. The molecule has 0 aromatic carbocycles. The molecular weight excluding hydrogens is 256 g/mol. The van der Waals surface area contributed by atoms with Gasteiger partial charge in [-0.15, -0.1) is 0 Å². The van der Waals surface area contributed by atoms with Crippen molar-refractivity contribution in [2.24, 2.45) is 0 Å². The molecule has 0 saturated heterocycles. The first-order valence-corrected chi connectivity index (χ1v) is 7.00. The van der Waals surface area contributed by atoms with Crippen LogP contribution in [0, 0.1) is 6.92 Å². The molecule has 20 heavy (non-hydrogen) atoms. The molecule has 0 bridgehead atoms. The highest BCUT2D eigenvalue weighted by Gasteiger charge is 2.18. The molecule has 1 aliphatic carbocycles. The molecule has 5 heteroatoms. The Bertz CT molecular complexity index is 583. The number of hydrogen-bond acceptors (Lipinski definition) is 3. The minimum Gasteiger partial charge on any atom is -0.352 e. The number of rotatable bonds is 4. The van der Waals surface area contributed by atoms with Gasteiger partial charge in [0.05, 0.1) is 5.56 Å². The van der Waals surface area contributed by atoms with Gasteiger partial charge < -0.3 is 9.88 Å². The van der Waals surface area contributed by atoms with Gasteiger partial charge in [-0.2, -0.15) is 0 Å². The summed E-state index contributed by atoms with van der Waals surface area (Å²) in [5.74, 6) is -0.442. The fraction of sp³-hybridized carbons (Fsp3) is 0.533. The summed E-state index contributed by atoms with van der Waals surface area (Å²) in [7, 11) is 0. The summed E-state index contributed by atoms with van der Waals surface area (Å²) in [5.41, 5.74) is 0.421. The monoisotopic (exact) mass is 276 g/mol. The number of carbonyl (C=O) groups excluding carboxylic acids is 2. The number of aromatic nitrogens is 1. The molecule has 1 N–H and O–H groups in total. The summed E-state index contributed by atoms with van der Waals surface area (Å²) < 4.78 is 1.36. The van der Waals surface area contributed by atoms with Crippen LogP contribution < -0.4 is 10.9 Å². The van der Waals surface area contributed by atoms with Crippen molar-refractivity contribution in [3.8, 4) is 0 Å². The van der Waals surface area contributed by atoms with Crippen LogP contribution in [0.3, 0.4) is 0 Å². The van der Waals surface area contributed by atoms with Crippen LogP contribution in [-0.2, 0) is 11.3 Å². The number of carbonyl (C=O) groups is 2. The number of aryl methyl sites for hydroxylation is 1. The highest BCUT2D eigenvalue weighted by Crippen LogP contribution is 2.17. The van der Waals surface area contributed by atoms with Gasteiger partial charge in [-0.1, -0.05) is 12.8 Å². The standard InChI is InChI=1S/C15H20N2O3/c1-10-7-8-13(11(2)18)15(20)17(10)9-14(19)16-12-5-3-4-6-12/h7-8,12H,3-6,9H2,1-2H3,(H,16,19). The molecule has 0 atom stereocenters. The van der Waals surface area contributed by atoms with E-state index < -0.39 is 0 Å². The zero-order valence-electron chi connectivity index (χ0n) is 11.9. The van der Waals surface area contributed by atoms with E-state index in [0.717, 1.165) is 25.7 Å². The van der Waals surface area contributed by atoms with Crippen molar-refractivity contribution in [3.05, 3.63) is 33.7 Å². The number of Topliss-reactive ketones (excluding diaryl/α,β-unsaturated/α-hetero) is 1. The Balaban J connectivity index is 2.15. The van der Waals surface area contributed by atoms with Gasteiger partial charge in [0.15, 0.2) is 5.78 Å². The van der Waals surface area contributed by atoms with Crippen LogP contribution >= 0.6 is 0 Å². The van der Waals surface area contributed by atoms with E-state index in [9.17, 15) is 14.4 Å². The van der Waals surface area contributed by atoms with Gasteiger partial charge in [-0.05, 0) is 38.8 Å². The molecule has 1 amide bonds. The lowest BCUT2D eigenvalue weighted by Gasteiger charge is -2.14. The van der Waals surface area contributed by atoms with Crippen LogP contribution in [0.15, 0.2) is 16.9 Å². The zero-order valence-corrected chi connectivity index (χ0v) is 11.9. The van der Waals surface area contributed by atoms with E-state index in [4.69, 9.17) is 0 Å². The number of pyridine rings is 1. The largest absolute Gasteiger partial charge is 0.352 e. The topological polar surface area (TPSA) is 68.2 Å². The van der Waals surface area contributed by atoms with E-state index in [-0.39, 0.29) is 35.4 Å². The summed E-state index contributed by atoms with van der Waals surface area (Å²) in [5, 5.41) is 2.95. The van der Waals surface area contributed by atoms with Gasteiger partial charge >= 0.3 is 0 Å². The van der Waals surface area contributed by atoms with E-state index in [1.54, 1.807) is 13.0 Å². The maximum absolute atomic E-state index is 12.2. The van der Waals surface area contributed by atoms with Gasteiger partial charge in [0.25, 0.3) is 5.56 Å². The SMILES string of the molecule is CC(=O)c1ccc(C)n(CC(=O)NC2CCCC2)c1=O. The molecule has 1 aromatic heterocycles. The van der Waals surface area contributed by atoms with Gasteiger partial charge in [-0.25, -0.2) is 0 Å². The Morgan fingerprint density at radius 1 is 1.30 bits per heavy atom. The van der Waals surface area contributed by atoms with Crippen molar-refractivity contribution >= 4 is 11.7 Å². The predicted octanol–water partition coefficient (Wildman–Crippen LogP) is 1.42. The van der Waals surface area contributed by atoms with E-state index in [1.807, 2.05) is 0 Å². The number of amides is 1. The Labute approximate surface area is 118 Å². The second-order valence-electron chi connectivity index (χ2n) is 5.38. The first-order valence-electron chi connectivity index (χ1n) is 7.00. The lowest BCUT2D eigenvalue weighted by molar-refractivity contribution is -0.122. The highest BCUT2D eigenvalue weighted by atomic mass is 16.2. The third-order valence-electron chi connectivity index (χ3n) is 3.79. The molecule has 0 radical (unpaired) electrons. The minimum atomic E-state index is -0.390. The predicted molar refractivity (Wildman–Crippen MR) is 75.8 cm³/mol. The summed E-state index contributed by atoms with van der Waals surface area (Å²) in [6.07, 6.45) is 4.30. The molecule has 0 unspecified atom stereocenters. The van der Waals surface area contributed by atoms with Crippen LogP contribution in [0.4, 0.5) is 0 Å². The summed E-state index contributed by atoms with van der Waals surface area (Å²) in [6, 6.07) is 3.45. The number of nitrogens with zero attached hydrogens (tertiary/aromatic N) is 1. The van der Waals surface area contributed by atoms with Crippen LogP contribution in [0.5, 0.6) is 0 Å². The second kappa shape index (κ2) is 6.03. The molecule has 108 valence electrons. The molecule has 1 aromatic rings. The van der Waals surface area contributed by atoms with Gasteiger partial charge in [0.1, 0.15) is 6.54 Å². The normalized spacial score (nSPS) is 15.3. The molecule has 1 fully saturated rings. The van der Waals surface area contributed by atoms with Crippen molar-refractivity contribution in [1.82, 2.24) is 9.88 Å². The molecule has 5 nitrogen and oxygen atoms in total. The fourth-order valence-electron chi connectivity index (χ4n) is 2.62. The molecule has 2 rings (SSSR count). The Morgan fingerprint density at radius 3 is 2.55 bits per heavy atom. The van der Waals surface area contributed by atoms with Crippen LogP contribution in [0.2, 0.25) is 0 Å². The fourth-order valence-corrected chi connectivity index (χ4v) is 2.62. The van der Waals surface area contributed by atoms with E-state index in [0.29, 0.717) is 5.69 Å². The van der Waals surface area contributed by atoms with Crippen LogP contribution in [0.1, 0.15) is 48.7 Å². The van der Waals surface area contributed by atoms with Gasteiger partial charge in [0.2, 0.25) is 5.91 Å².